The van der Waals surface area contributed by atoms with E-state index in [0.717, 1.165) is 11.1 Å². The molecule has 0 atom stereocenters. The van der Waals surface area contributed by atoms with E-state index >= 15 is 0 Å². The van der Waals surface area contributed by atoms with Gasteiger partial charge in [0.15, 0.2) is 0 Å². The number of hydrogen-bond donors (Lipinski definition) is 2. The van der Waals surface area contributed by atoms with Crippen LogP contribution in [0.4, 0.5) is 11.4 Å². The molecule has 0 unspecified atom stereocenters. The van der Waals surface area contributed by atoms with Crippen LogP contribution < -0.4 is 10.2 Å². The number of benzene rings is 1. The Bertz CT molecular complexity index is 1130. The fourth-order valence-electron chi connectivity index (χ4n) is 3.08. The zero-order valence-corrected chi connectivity index (χ0v) is 20.5. The minimum absolute atomic E-state index is 0. The van der Waals surface area contributed by atoms with Gasteiger partial charge in [0, 0.05) is 47.3 Å². The van der Waals surface area contributed by atoms with Crippen molar-refractivity contribution in [3.8, 4) is 11.5 Å². The Morgan fingerprint density at radius 2 is 1.12 bits per heavy atom. The van der Waals surface area contributed by atoms with Gasteiger partial charge in [-0.25, -0.2) is 0 Å². The number of aryl methyl sites for hydroxylation is 4. The fourth-order valence-corrected chi connectivity index (χ4v) is 3.08. The topological polar surface area (TPSA) is 137 Å². The van der Waals surface area contributed by atoms with Crippen molar-refractivity contribution >= 4 is 46.9 Å². The molecule has 0 saturated heterocycles. The maximum atomic E-state index is 12.5. The van der Waals surface area contributed by atoms with E-state index in [4.69, 9.17) is 0 Å². The molecule has 0 radical (unpaired) electrons. The van der Waals surface area contributed by atoms with Crippen LogP contribution in [0.25, 0.3) is 0 Å². The molecular formula is C24H24MgN4O4. The Morgan fingerprint density at radius 3 is 1.45 bits per heavy atom. The summed E-state index contributed by atoms with van der Waals surface area (Å²) in [5.74, 6) is -0.602. The number of aliphatic hydroxyl groups is 2. The van der Waals surface area contributed by atoms with Crippen LogP contribution in [0, 0.1) is 27.7 Å². The molecule has 0 aliphatic heterocycles. The van der Waals surface area contributed by atoms with E-state index in [2.05, 4.69) is 20.0 Å². The first kappa shape index (κ1) is 26.4. The summed E-state index contributed by atoms with van der Waals surface area (Å²) >= 11 is 0. The molecule has 3 rings (SSSR count). The van der Waals surface area contributed by atoms with Crippen molar-refractivity contribution < 1.29 is 20.4 Å². The third-order valence-corrected chi connectivity index (χ3v) is 5.26. The summed E-state index contributed by atoms with van der Waals surface area (Å²) in [5.41, 5.74) is 4.87. The number of aromatic nitrogens is 2. The second kappa shape index (κ2) is 11.3. The predicted molar refractivity (Wildman–Crippen MR) is 125 cm³/mol. The Balaban J connectivity index is 0.00000385. The van der Waals surface area contributed by atoms with Crippen LogP contribution in [-0.2, 0) is 13.2 Å². The Kier molecular flexibility index (Phi) is 9.06. The van der Waals surface area contributed by atoms with Gasteiger partial charge in [0.05, 0.1) is 24.6 Å². The maximum absolute atomic E-state index is 12.5. The normalized spacial score (nSPS) is 11.3. The van der Waals surface area contributed by atoms with Crippen LogP contribution >= 0.6 is 0 Å². The van der Waals surface area contributed by atoms with E-state index in [1.807, 2.05) is 26.0 Å². The molecule has 0 aliphatic rings. The Morgan fingerprint density at radius 1 is 0.758 bits per heavy atom. The molecule has 1 aromatic carbocycles. The quantitative estimate of drug-likeness (QED) is 0.429. The molecule has 0 aliphatic carbocycles. The molecule has 0 spiro atoms. The van der Waals surface area contributed by atoms with Crippen molar-refractivity contribution in [2.75, 3.05) is 0 Å². The summed E-state index contributed by atoms with van der Waals surface area (Å²) in [7, 11) is 0. The minimum atomic E-state index is -0.334. The first-order valence-electron chi connectivity index (χ1n) is 9.98. The standard InChI is InChI=1S/C24H26N4O4.Mg/c1-13-5-21(27-9-19-17(11-29)7-25-15(3)23(19)31)22(6-14(13)2)28-10-20-18(12-30)8-26-16(4)24(20)32;/h5-10,29-32H,11-12H2,1-4H3;/q;+2/p-2. The molecule has 2 heterocycles. The molecule has 2 aromatic heterocycles. The van der Waals surface area contributed by atoms with Crippen LogP contribution in [-0.4, -0.2) is 55.7 Å². The Hall–Kier alpha value is -2.85. The van der Waals surface area contributed by atoms with Crippen molar-refractivity contribution in [2.45, 2.75) is 40.9 Å². The van der Waals surface area contributed by atoms with Gasteiger partial charge in [-0.1, -0.05) is 11.5 Å². The van der Waals surface area contributed by atoms with Gasteiger partial charge in [0.25, 0.3) is 0 Å². The first-order valence-corrected chi connectivity index (χ1v) is 9.98. The number of pyridine rings is 2. The molecule has 2 N–H and O–H groups in total. The second-order valence-electron chi connectivity index (χ2n) is 7.48. The summed E-state index contributed by atoms with van der Waals surface area (Å²) in [4.78, 5) is 16.9. The smallest absolute Gasteiger partial charge is 0.871 e. The molecule has 0 saturated carbocycles. The van der Waals surface area contributed by atoms with Gasteiger partial charge < -0.3 is 20.4 Å². The molecule has 3 aromatic rings. The monoisotopic (exact) mass is 456 g/mol. The summed E-state index contributed by atoms with van der Waals surface area (Å²) in [5, 5.41) is 44.0. The largest absolute Gasteiger partial charge is 2.00 e. The van der Waals surface area contributed by atoms with Gasteiger partial charge >= 0.3 is 23.1 Å². The fraction of sp³-hybridized carbons (Fsp3) is 0.250. The zero-order chi connectivity index (χ0) is 23.4. The molecule has 0 fully saturated rings. The van der Waals surface area contributed by atoms with Gasteiger partial charge in [-0.05, 0) is 62.1 Å². The van der Waals surface area contributed by atoms with Crippen molar-refractivity contribution in [2.24, 2.45) is 9.98 Å². The van der Waals surface area contributed by atoms with Crippen LogP contribution in [0.3, 0.4) is 0 Å². The van der Waals surface area contributed by atoms with E-state index in [0.29, 0.717) is 33.9 Å². The number of aliphatic imine (C=N–C) groups is 2. The molecule has 33 heavy (non-hydrogen) atoms. The summed E-state index contributed by atoms with van der Waals surface area (Å²) in [6.07, 6.45) is 5.71. The van der Waals surface area contributed by atoms with Gasteiger partial charge in [0.1, 0.15) is 0 Å². The van der Waals surface area contributed by atoms with Gasteiger partial charge in [-0.3, -0.25) is 20.0 Å². The number of aliphatic hydroxyl groups excluding tert-OH is 2. The second-order valence-corrected chi connectivity index (χ2v) is 7.48. The van der Waals surface area contributed by atoms with Crippen molar-refractivity contribution in [1.29, 1.82) is 0 Å². The maximum Gasteiger partial charge on any atom is 2.00 e. The van der Waals surface area contributed by atoms with E-state index in [9.17, 15) is 20.4 Å². The SMILES string of the molecule is Cc1cc(N=Cc2c(CO)cnc(C)c2[O-])c(N=Cc2c(CO)cnc(C)c2[O-])cc1C.[Mg+2]. The van der Waals surface area contributed by atoms with Crippen LogP contribution in [0.1, 0.15) is 44.8 Å². The van der Waals surface area contributed by atoms with E-state index in [1.165, 1.54) is 24.8 Å². The summed E-state index contributed by atoms with van der Waals surface area (Å²) in [6, 6.07) is 3.66. The predicted octanol–water partition coefficient (Wildman–Crippen LogP) is 1.96. The summed E-state index contributed by atoms with van der Waals surface area (Å²) < 4.78 is 0. The molecule has 9 heteroatoms. The Labute approximate surface area is 208 Å². The zero-order valence-electron chi connectivity index (χ0n) is 19.1. The third kappa shape index (κ3) is 5.74. The molecule has 166 valence electrons. The molecular weight excluding hydrogens is 433 g/mol. The number of rotatable bonds is 6. The van der Waals surface area contributed by atoms with Crippen LogP contribution in [0.15, 0.2) is 34.5 Å². The van der Waals surface area contributed by atoms with E-state index < -0.39 is 0 Å². The molecule has 0 amide bonds. The van der Waals surface area contributed by atoms with Crippen molar-refractivity contribution in [3.05, 3.63) is 69.3 Å². The molecule has 8 nitrogen and oxygen atoms in total. The van der Waals surface area contributed by atoms with Crippen LogP contribution in [0.2, 0.25) is 0 Å². The van der Waals surface area contributed by atoms with Crippen molar-refractivity contribution in [3.63, 3.8) is 0 Å². The van der Waals surface area contributed by atoms with Gasteiger partial charge in [-0.2, -0.15) is 0 Å². The van der Waals surface area contributed by atoms with Crippen LogP contribution in [0.5, 0.6) is 11.5 Å². The number of hydrogen-bond acceptors (Lipinski definition) is 8. The third-order valence-electron chi connectivity index (χ3n) is 5.26. The first-order chi connectivity index (χ1) is 15.3. The van der Waals surface area contributed by atoms with Gasteiger partial charge in [-0.15, -0.1) is 0 Å². The average molecular weight is 457 g/mol. The average Bonchev–Trinajstić information content (AvgIpc) is 2.78. The minimum Gasteiger partial charge on any atom is -0.871 e. The van der Waals surface area contributed by atoms with Crippen molar-refractivity contribution in [1.82, 2.24) is 9.97 Å². The van der Waals surface area contributed by atoms with E-state index in [1.54, 1.807) is 13.8 Å². The number of nitrogens with zero attached hydrogens (tertiary/aromatic N) is 4. The van der Waals surface area contributed by atoms with E-state index in [-0.39, 0.29) is 58.9 Å². The molecule has 0 bridgehead atoms. The van der Waals surface area contributed by atoms with Gasteiger partial charge in [0.2, 0.25) is 0 Å². The summed E-state index contributed by atoms with van der Waals surface area (Å²) in [6.45, 7) is 6.40.